The first-order valence-electron chi connectivity index (χ1n) is 4.54. The smallest absolute Gasteiger partial charge is 0.181 e. The fourth-order valence-corrected chi connectivity index (χ4v) is 3.21. The zero-order valence-corrected chi connectivity index (χ0v) is 10.1. The molecule has 0 aliphatic heterocycles. The average Bonchev–Trinajstić information content (AvgIpc) is 2.18. The van der Waals surface area contributed by atoms with Crippen LogP contribution >= 0.6 is 11.8 Å². The number of rotatable bonds is 5. The molecule has 0 aliphatic rings. The van der Waals surface area contributed by atoms with Crippen LogP contribution in [0, 0.1) is 5.82 Å². The number of benzene rings is 1. The van der Waals surface area contributed by atoms with Gasteiger partial charge in [0.1, 0.15) is 10.7 Å². The summed E-state index contributed by atoms with van der Waals surface area (Å²) in [5.41, 5.74) is 0. The van der Waals surface area contributed by atoms with Crippen molar-refractivity contribution in [3.05, 3.63) is 30.1 Å². The second-order valence-corrected chi connectivity index (χ2v) is 6.16. The molecule has 0 aliphatic carbocycles. The molecule has 2 nitrogen and oxygen atoms in total. The first kappa shape index (κ1) is 12.5. The second-order valence-electron chi connectivity index (χ2n) is 3.10. The monoisotopic (exact) mass is 248 g/mol. The van der Waals surface area contributed by atoms with Crippen molar-refractivity contribution in [1.82, 2.24) is 0 Å². The highest BCUT2D eigenvalue weighted by atomic mass is 32.2. The van der Waals surface area contributed by atoms with Gasteiger partial charge in [-0.3, -0.25) is 0 Å². The summed E-state index contributed by atoms with van der Waals surface area (Å²) in [5.74, 6) is 0.115. The minimum atomic E-state index is -3.45. The first-order valence-corrected chi connectivity index (χ1v) is 7.59. The molecule has 15 heavy (non-hydrogen) atoms. The molecule has 0 aromatic heterocycles. The molecule has 0 atom stereocenters. The maximum atomic E-state index is 13.2. The third kappa shape index (κ3) is 3.50. The molecule has 0 saturated carbocycles. The third-order valence-corrected chi connectivity index (χ3v) is 4.46. The number of halogens is 1. The molecule has 0 fully saturated rings. The van der Waals surface area contributed by atoms with E-state index in [1.165, 1.54) is 24.3 Å². The van der Waals surface area contributed by atoms with E-state index in [1.807, 2.05) is 6.26 Å². The molecule has 84 valence electrons. The summed E-state index contributed by atoms with van der Waals surface area (Å²) in [6.45, 7) is 0. The average molecular weight is 248 g/mol. The summed E-state index contributed by atoms with van der Waals surface area (Å²) in [6, 6.07) is 5.49. The van der Waals surface area contributed by atoms with Crippen LogP contribution in [-0.2, 0) is 9.84 Å². The first-order chi connectivity index (χ1) is 7.08. The van der Waals surface area contributed by atoms with Crippen LogP contribution < -0.4 is 0 Å². The molecule has 0 saturated heterocycles. The lowest BCUT2D eigenvalue weighted by molar-refractivity contribution is 0.566. The SMILES string of the molecule is CSCCCS(=O)(=O)c1ccccc1F. The molecular formula is C10H13FO2S2. The van der Waals surface area contributed by atoms with Crippen molar-refractivity contribution in [1.29, 1.82) is 0 Å². The summed E-state index contributed by atoms with van der Waals surface area (Å²) in [6.07, 6.45) is 2.47. The predicted molar refractivity (Wildman–Crippen MR) is 61.5 cm³/mol. The van der Waals surface area contributed by atoms with Crippen molar-refractivity contribution in [3.8, 4) is 0 Å². The van der Waals surface area contributed by atoms with Gasteiger partial charge in [-0.15, -0.1) is 0 Å². The Bertz CT molecular complexity index is 415. The number of hydrogen-bond donors (Lipinski definition) is 0. The van der Waals surface area contributed by atoms with E-state index >= 15 is 0 Å². The van der Waals surface area contributed by atoms with Crippen LogP contribution in [0.2, 0.25) is 0 Å². The Hall–Kier alpha value is -0.550. The molecule has 1 rings (SSSR count). The summed E-state index contributed by atoms with van der Waals surface area (Å²) in [7, 11) is -3.45. The van der Waals surface area contributed by atoms with Gasteiger partial charge in [0.25, 0.3) is 0 Å². The van der Waals surface area contributed by atoms with E-state index in [1.54, 1.807) is 11.8 Å². The lowest BCUT2D eigenvalue weighted by Gasteiger charge is -2.04. The van der Waals surface area contributed by atoms with E-state index in [-0.39, 0.29) is 10.6 Å². The molecule has 0 amide bonds. The van der Waals surface area contributed by atoms with E-state index in [2.05, 4.69) is 0 Å². The Balaban J connectivity index is 2.83. The van der Waals surface area contributed by atoms with Gasteiger partial charge in [0, 0.05) is 0 Å². The van der Waals surface area contributed by atoms with Crippen molar-refractivity contribution in [2.24, 2.45) is 0 Å². The summed E-state index contributed by atoms with van der Waals surface area (Å²) >= 11 is 1.58. The van der Waals surface area contributed by atoms with Crippen molar-refractivity contribution in [2.45, 2.75) is 11.3 Å². The van der Waals surface area contributed by atoms with Gasteiger partial charge in [-0.05, 0) is 30.6 Å². The largest absolute Gasteiger partial charge is 0.224 e. The number of hydrogen-bond acceptors (Lipinski definition) is 3. The zero-order chi connectivity index (χ0) is 11.3. The van der Waals surface area contributed by atoms with Crippen molar-refractivity contribution in [2.75, 3.05) is 17.8 Å². The van der Waals surface area contributed by atoms with E-state index < -0.39 is 15.7 Å². The highest BCUT2D eigenvalue weighted by Gasteiger charge is 2.17. The third-order valence-electron chi connectivity index (χ3n) is 1.93. The molecule has 1 aromatic carbocycles. The fourth-order valence-electron chi connectivity index (χ4n) is 1.20. The standard InChI is InChI=1S/C10H13FO2S2/c1-14-7-4-8-15(12,13)10-6-3-2-5-9(10)11/h2-3,5-6H,4,7-8H2,1H3. The van der Waals surface area contributed by atoms with Crippen molar-refractivity contribution < 1.29 is 12.8 Å². The maximum absolute atomic E-state index is 13.2. The normalized spacial score (nSPS) is 11.6. The van der Waals surface area contributed by atoms with Crippen LogP contribution in [0.4, 0.5) is 4.39 Å². The maximum Gasteiger partial charge on any atom is 0.181 e. The van der Waals surface area contributed by atoms with Crippen LogP contribution in [0.3, 0.4) is 0 Å². The fraction of sp³-hybridized carbons (Fsp3) is 0.400. The summed E-state index contributed by atoms with van der Waals surface area (Å²) in [4.78, 5) is -0.189. The Labute approximate surface area is 93.8 Å². The van der Waals surface area contributed by atoms with Gasteiger partial charge in [-0.25, -0.2) is 12.8 Å². The lowest BCUT2D eigenvalue weighted by atomic mass is 10.3. The highest BCUT2D eigenvalue weighted by Crippen LogP contribution is 2.16. The molecule has 0 heterocycles. The Kier molecular flexibility index (Phi) is 4.60. The molecule has 1 aromatic rings. The van der Waals surface area contributed by atoms with Crippen molar-refractivity contribution in [3.63, 3.8) is 0 Å². The molecule has 0 unspecified atom stereocenters. The van der Waals surface area contributed by atoms with Crippen LogP contribution in [-0.4, -0.2) is 26.2 Å². The predicted octanol–water partition coefficient (Wildman–Crippen LogP) is 2.35. The number of sulfone groups is 1. The summed E-state index contributed by atoms with van der Waals surface area (Å²) in [5, 5.41) is 0. The van der Waals surface area contributed by atoms with Gasteiger partial charge in [0.15, 0.2) is 9.84 Å². The van der Waals surface area contributed by atoms with Gasteiger partial charge in [-0.2, -0.15) is 11.8 Å². The molecule has 0 N–H and O–H groups in total. The second kappa shape index (κ2) is 5.51. The van der Waals surface area contributed by atoms with E-state index in [4.69, 9.17) is 0 Å². The Morgan fingerprint density at radius 2 is 2.00 bits per heavy atom. The van der Waals surface area contributed by atoms with E-state index in [0.717, 1.165) is 5.75 Å². The Morgan fingerprint density at radius 1 is 1.33 bits per heavy atom. The van der Waals surface area contributed by atoms with Gasteiger partial charge in [0.2, 0.25) is 0 Å². The zero-order valence-electron chi connectivity index (χ0n) is 8.44. The molecule has 0 spiro atoms. The van der Waals surface area contributed by atoms with Crippen LogP contribution in [0.5, 0.6) is 0 Å². The van der Waals surface area contributed by atoms with E-state index in [9.17, 15) is 12.8 Å². The quantitative estimate of drug-likeness (QED) is 0.750. The van der Waals surface area contributed by atoms with Gasteiger partial charge in [0.05, 0.1) is 5.75 Å². The highest BCUT2D eigenvalue weighted by molar-refractivity contribution is 7.98. The van der Waals surface area contributed by atoms with E-state index in [0.29, 0.717) is 6.42 Å². The molecule has 0 bridgehead atoms. The van der Waals surface area contributed by atoms with Gasteiger partial charge >= 0.3 is 0 Å². The minimum Gasteiger partial charge on any atom is -0.224 e. The van der Waals surface area contributed by atoms with Crippen LogP contribution in [0.1, 0.15) is 6.42 Å². The minimum absolute atomic E-state index is 0.00870. The summed E-state index contributed by atoms with van der Waals surface area (Å²) < 4.78 is 36.6. The van der Waals surface area contributed by atoms with Crippen LogP contribution in [0.15, 0.2) is 29.2 Å². The molecule has 5 heteroatoms. The molecular weight excluding hydrogens is 235 g/mol. The lowest BCUT2D eigenvalue weighted by Crippen LogP contribution is -2.09. The Morgan fingerprint density at radius 3 is 2.60 bits per heavy atom. The van der Waals surface area contributed by atoms with Crippen molar-refractivity contribution >= 4 is 21.6 Å². The number of thioether (sulfide) groups is 1. The van der Waals surface area contributed by atoms with Gasteiger partial charge < -0.3 is 0 Å². The topological polar surface area (TPSA) is 34.1 Å². The van der Waals surface area contributed by atoms with Crippen LogP contribution in [0.25, 0.3) is 0 Å². The molecule has 0 radical (unpaired) electrons. The van der Waals surface area contributed by atoms with Gasteiger partial charge in [-0.1, -0.05) is 12.1 Å².